The van der Waals surface area contributed by atoms with Gasteiger partial charge in [0.15, 0.2) is 5.11 Å². The number of benzene rings is 1. The van der Waals surface area contributed by atoms with Crippen LogP contribution in [-0.2, 0) is 13.1 Å². The summed E-state index contributed by atoms with van der Waals surface area (Å²) < 4.78 is 1.96. The van der Waals surface area contributed by atoms with Crippen LogP contribution in [0.1, 0.15) is 29.3 Å². The lowest BCUT2D eigenvalue weighted by Crippen LogP contribution is -2.30. The van der Waals surface area contributed by atoms with E-state index in [1.54, 1.807) is 0 Å². The quantitative estimate of drug-likeness (QED) is 0.873. The highest BCUT2D eigenvalue weighted by atomic mass is 32.1. The maximum atomic E-state index is 5.52. The maximum absolute atomic E-state index is 5.52. The first-order chi connectivity index (χ1) is 10.4. The lowest BCUT2D eigenvalue weighted by molar-refractivity contribution is 0.506. The summed E-state index contributed by atoms with van der Waals surface area (Å²) in [7, 11) is 2.00. The zero-order valence-electron chi connectivity index (χ0n) is 14.0. The predicted octanol–water partition coefficient (Wildman–Crippen LogP) is 3.66. The van der Waals surface area contributed by atoms with Crippen molar-refractivity contribution >= 4 is 23.0 Å². The molecule has 2 aromatic rings. The number of nitrogens with zero attached hydrogens (tertiary/aromatic N) is 3. The minimum atomic E-state index is 0.718. The standard InChI is InChI=1S/C17H24N4S/c1-6-21-11-15(14(4)19-21)10-20(5)17(22)18-16-8-7-12(2)9-13(16)3/h7-9,11H,6,10H2,1-5H3,(H,18,22). The van der Waals surface area contributed by atoms with Crippen molar-refractivity contribution < 1.29 is 0 Å². The largest absolute Gasteiger partial charge is 0.348 e. The molecule has 0 atom stereocenters. The van der Waals surface area contributed by atoms with E-state index >= 15 is 0 Å². The Balaban J connectivity index is 2.04. The predicted molar refractivity (Wildman–Crippen MR) is 96.2 cm³/mol. The lowest BCUT2D eigenvalue weighted by Gasteiger charge is -2.21. The van der Waals surface area contributed by atoms with Gasteiger partial charge in [-0.3, -0.25) is 4.68 Å². The number of aromatic nitrogens is 2. The van der Waals surface area contributed by atoms with Gasteiger partial charge in [0, 0.05) is 37.6 Å². The zero-order chi connectivity index (χ0) is 16.3. The van der Waals surface area contributed by atoms with Gasteiger partial charge in [0.1, 0.15) is 0 Å². The van der Waals surface area contributed by atoms with Crippen LogP contribution in [0.4, 0.5) is 5.69 Å². The zero-order valence-corrected chi connectivity index (χ0v) is 14.8. The van der Waals surface area contributed by atoms with Crippen LogP contribution in [0.15, 0.2) is 24.4 Å². The van der Waals surface area contributed by atoms with Gasteiger partial charge in [-0.2, -0.15) is 5.10 Å². The van der Waals surface area contributed by atoms with E-state index in [1.165, 1.54) is 16.7 Å². The topological polar surface area (TPSA) is 33.1 Å². The average molecular weight is 316 g/mol. The molecule has 1 N–H and O–H groups in total. The first kappa shape index (κ1) is 16.5. The SMILES string of the molecule is CCn1cc(CN(C)C(=S)Nc2ccc(C)cc2C)c(C)n1. The molecule has 0 unspecified atom stereocenters. The summed E-state index contributed by atoms with van der Waals surface area (Å²) >= 11 is 5.52. The van der Waals surface area contributed by atoms with Crippen molar-refractivity contribution in [3.63, 3.8) is 0 Å². The second kappa shape index (κ2) is 6.92. The third-order valence-corrected chi connectivity index (χ3v) is 4.16. The van der Waals surface area contributed by atoms with E-state index < -0.39 is 0 Å². The summed E-state index contributed by atoms with van der Waals surface area (Å²) in [5.41, 5.74) is 5.77. The van der Waals surface area contributed by atoms with E-state index in [-0.39, 0.29) is 0 Å². The highest BCUT2D eigenvalue weighted by Crippen LogP contribution is 2.17. The average Bonchev–Trinajstić information content (AvgIpc) is 2.82. The van der Waals surface area contributed by atoms with Crippen molar-refractivity contribution in [3.05, 3.63) is 46.8 Å². The molecule has 0 fully saturated rings. The Labute approximate surface area is 138 Å². The number of rotatable bonds is 4. The van der Waals surface area contributed by atoms with Gasteiger partial charge in [0.05, 0.1) is 5.69 Å². The number of thiocarbonyl (C=S) groups is 1. The number of hydrogen-bond acceptors (Lipinski definition) is 2. The minimum absolute atomic E-state index is 0.718. The minimum Gasteiger partial charge on any atom is -0.348 e. The molecule has 0 aliphatic rings. The van der Waals surface area contributed by atoms with Crippen LogP contribution >= 0.6 is 12.2 Å². The Morgan fingerprint density at radius 1 is 1.32 bits per heavy atom. The normalized spacial score (nSPS) is 10.6. The van der Waals surface area contributed by atoms with Crippen LogP contribution in [0, 0.1) is 20.8 Å². The third kappa shape index (κ3) is 3.85. The molecule has 0 saturated carbocycles. The van der Waals surface area contributed by atoms with Crippen molar-refractivity contribution in [3.8, 4) is 0 Å². The molecular formula is C17H24N4S. The highest BCUT2D eigenvalue weighted by Gasteiger charge is 2.11. The second-order valence-electron chi connectivity index (χ2n) is 5.70. The summed E-state index contributed by atoms with van der Waals surface area (Å²) in [6, 6.07) is 6.32. The first-order valence-corrected chi connectivity index (χ1v) is 7.93. The maximum Gasteiger partial charge on any atom is 0.173 e. The van der Waals surface area contributed by atoms with Crippen LogP contribution in [0.2, 0.25) is 0 Å². The van der Waals surface area contributed by atoms with Crippen LogP contribution in [-0.4, -0.2) is 26.8 Å². The Bertz CT molecular complexity index is 675. The van der Waals surface area contributed by atoms with Gasteiger partial charge in [-0.15, -0.1) is 0 Å². The van der Waals surface area contributed by atoms with E-state index in [0.717, 1.165) is 29.6 Å². The number of hydrogen-bond donors (Lipinski definition) is 1. The molecule has 118 valence electrons. The second-order valence-corrected chi connectivity index (χ2v) is 6.09. The van der Waals surface area contributed by atoms with E-state index in [1.807, 2.05) is 23.6 Å². The van der Waals surface area contributed by atoms with E-state index in [9.17, 15) is 0 Å². The molecule has 0 aliphatic heterocycles. The Morgan fingerprint density at radius 2 is 2.05 bits per heavy atom. The summed E-state index contributed by atoms with van der Waals surface area (Å²) in [6.07, 6.45) is 2.09. The molecule has 5 heteroatoms. The molecular weight excluding hydrogens is 292 g/mol. The van der Waals surface area contributed by atoms with Crippen LogP contribution in [0.5, 0.6) is 0 Å². The summed E-state index contributed by atoms with van der Waals surface area (Å²) in [5.74, 6) is 0. The summed E-state index contributed by atoms with van der Waals surface area (Å²) in [5, 5.41) is 8.52. The smallest absolute Gasteiger partial charge is 0.173 e. The van der Waals surface area contributed by atoms with E-state index in [0.29, 0.717) is 0 Å². The van der Waals surface area contributed by atoms with Crippen molar-refractivity contribution in [2.24, 2.45) is 0 Å². The molecule has 0 saturated heterocycles. The molecule has 1 aromatic carbocycles. The molecule has 0 aliphatic carbocycles. The fourth-order valence-corrected chi connectivity index (χ4v) is 2.54. The molecule has 2 rings (SSSR count). The van der Waals surface area contributed by atoms with Crippen LogP contribution in [0.3, 0.4) is 0 Å². The van der Waals surface area contributed by atoms with E-state index in [4.69, 9.17) is 12.2 Å². The van der Waals surface area contributed by atoms with Crippen LogP contribution in [0.25, 0.3) is 0 Å². The molecule has 1 aromatic heterocycles. The Hall–Kier alpha value is -1.88. The van der Waals surface area contributed by atoms with Crippen LogP contribution < -0.4 is 5.32 Å². The van der Waals surface area contributed by atoms with Gasteiger partial charge in [-0.1, -0.05) is 17.7 Å². The summed E-state index contributed by atoms with van der Waals surface area (Å²) in [6.45, 7) is 9.95. The van der Waals surface area contributed by atoms with Crippen molar-refractivity contribution in [1.82, 2.24) is 14.7 Å². The van der Waals surface area contributed by atoms with Crippen molar-refractivity contribution in [1.29, 1.82) is 0 Å². The molecule has 22 heavy (non-hydrogen) atoms. The fourth-order valence-electron chi connectivity index (χ4n) is 2.37. The van der Waals surface area contributed by atoms with E-state index in [2.05, 4.69) is 55.6 Å². The molecule has 0 amide bonds. The monoisotopic (exact) mass is 316 g/mol. The third-order valence-electron chi connectivity index (χ3n) is 3.75. The number of anilines is 1. The van der Waals surface area contributed by atoms with Gasteiger partial charge in [-0.05, 0) is 51.5 Å². The van der Waals surface area contributed by atoms with Gasteiger partial charge in [-0.25, -0.2) is 0 Å². The Kier molecular flexibility index (Phi) is 5.19. The van der Waals surface area contributed by atoms with Gasteiger partial charge < -0.3 is 10.2 Å². The fraction of sp³-hybridized carbons (Fsp3) is 0.412. The summed E-state index contributed by atoms with van der Waals surface area (Å²) in [4.78, 5) is 2.04. The first-order valence-electron chi connectivity index (χ1n) is 7.53. The van der Waals surface area contributed by atoms with Gasteiger partial charge in [0.25, 0.3) is 0 Å². The van der Waals surface area contributed by atoms with Crippen molar-refractivity contribution in [2.45, 2.75) is 40.8 Å². The molecule has 0 bridgehead atoms. The molecule has 0 spiro atoms. The highest BCUT2D eigenvalue weighted by molar-refractivity contribution is 7.80. The molecule has 1 heterocycles. The molecule has 0 radical (unpaired) electrons. The van der Waals surface area contributed by atoms with Gasteiger partial charge >= 0.3 is 0 Å². The number of aryl methyl sites for hydroxylation is 4. The lowest BCUT2D eigenvalue weighted by atomic mass is 10.1. The number of nitrogens with one attached hydrogen (secondary N) is 1. The van der Waals surface area contributed by atoms with Crippen molar-refractivity contribution in [2.75, 3.05) is 12.4 Å². The Morgan fingerprint density at radius 3 is 2.64 bits per heavy atom. The van der Waals surface area contributed by atoms with Gasteiger partial charge in [0.2, 0.25) is 0 Å². The molecule has 4 nitrogen and oxygen atoms in total.